The average Bonchev–Trinajstić information content (AvgIpc) is 2.16. The molecule has 0 aliphatic carbocycles. The lowest BCUT2D eigenvalue weighted by atomic mass is 10.3. The third-order valence-corrected chi connectivity index (χ3v) is 1.53. The van der Waals surface area contributed by atoms with Crippen LogP contribution < -0.4 is 5.32 Å². The standard InChI is InChI=1S/C9H11NO3/c1-13-9(12)6-10-7-2-4-8(11)5-3-7/h2-5,10-11H,6H2,1H3. The number of phenols is 1. The Hall–Kier alpha value is -1.71. The van der Waals surface area contributed by atoms with Gasteiger partial charge < -0.3 is 15.2 Å². The summed E-state index contributed by atoms with van der Waals surface area (Å²) in [5, 5.41) is 11.8. The van der Waals surface area contributed by atoms with Gasteiger partial charge in [0.05, 0.1) is 7.11 Å². The topological polar surface area (TPSA) is 58.6 Å². The highest BCUT2D eigenvalue weighted by molar-refractivity contribution is 5.74. The van der Waals surface area contributed by atoms with E-state index < -0.39 is 0 Å². The molecular formula is C9H11NO3. The van der Waals surface area contributed by atoms with Crippen molar-refractivity contribution in [2.45, 2.75) is 0 Å². The van der Waals surface area contributed by atoms with Crippen molar-refractivity contribution in [3.05, 3.63) is 24.3 Å². The molecule has 0 amide bonds. The number of rotatable bonds is 3. The molecule has 0 spiro atoms. The van der Waals surface area contributed by atoms with Crippen molar-refractivity contribution < 1.29 is 14.6 Å². The second kappa shape index (κ2) is 4.35. The first kappa shape index (κ1) is 9.38. The van der Waals surface area contributed by atoms with Crippen LogP contribution in [-0.2, 0) is 9.53 Å². The average molecular weight is 181 g/mol. The van der Waals surface area contributed by atoms with Gasteiger partial charge in [0.1, 0.15) is 12.3 Å². The summed E-state index contributed by atoms with van der Waals surface area (Å²) in [6.45, 7) is 0.126. The second-order valence-electron chi connectivity index (χ2n) is 2.48. The van der Waals surface area contributed by atoms with E-state index in [-0.39, 0.29) is 18.3 Å². The molecule has 0 aromatic heterocycles. The van der Waals surface area contributed by atoms with Gasteiger partial charge in [0.15, 0.2) is 0 Å². The minimum Gasteiger partial charge on any atom is -0.508 e. The third-order valence-electron chi connectivity index (χ3n) is 1.53. The Kier molecular flexibility index (Phi) is 3.14. The lowest BCUT2D eigenvalue weighted by Gasteiger charge is -2.04. The number of esters is 1. The van der Waals surface area contributed by atoms with Crippen LogP contribution in [0.25, 0.3) is 0 Å². The summed E-state index contributed by atoms with van der Waals surface area (Å²) in [7, 11) is 1.33. The fourth-order valence-corrected chi connectivity index (χ4v) is 0.826. The van der Waals surface area contributed by atoms with Gasteiger partial charge in [-0.05, 0) is 24.3 Å². The molecule has 0 unspecified atom stereocenters. The van der Waals surface area contributed by atoms with Crippen molar-refractivity contribution in [1.29, 1.82) is 0 Å². The molecule has 0 bridgehead atoms. The van der Waals surface area contributed by atoms with Crippen molar-refractivity contribution in [2.75, 3.05) is 19.0 Å². The van der Waals surface area contributed by atoms with Crippen LogP contribution in [0.5, 0.6) is 5.75 Å². The van der Waals surface area contributed by atoms with Crippen LogP contribution in [0.1, 0.15) is 0 Å². The van der Waals surface area contributed by atoms with Crippen LogP contribution >= 0.6 is 0 Å². The highest BCUT2D eigenvalue weighted by atomic mass is 16.5. The first-order valence-electron chi connectivity index (χ1n) is 3.82. The second-order valence-corrected chi connectivity index (χ2v) is 2.48. The normalized spacial score (nSPS) is 9.31. The highest BCUT2D eigenvalue weighted by Gasteiger charge is 1.98. The molecule has 0 saturated carbocycles. The molecular weight excluding hydrogens is 170 g/mol. The van der Waals surface area contributed by atoms with E-state index in [1.165, 1.54) is 7.11 Å². The number of hydrogen-bond donors (Lipinski definition) is 2. The third kappa shape index (κ3) is 3.02. The summed E-state index contributed by atoms with van der Waals surface area (Å²) < 4.78 is 4.44. The van der Waals surface area contributed by atoms with Crippen molar-refractivity contribution in [1.82, 2.24) is 0 Å². The summed E-state index contributed by atoms with van der Waals surface area (Å²) in [6, 6.07) is 6.44. The van der Waals surface area contributed by atoms with Crippen molar-refractivity contribution >= 4 is 11.7 Å². The number of benzene rings is 1. The fourth-order valence-electron chi connectivity index (χ4n) is 0.826. The first-order chi connectivity index (χ1) is 6.22. The Morgan fingerprint density at radius 3 is 2.62 bits per heavy atom. The molecule has 13 heavy (non-hydrogen) atoms. The Morgan fingerprint density at radius 1 is 1.46 bits per heavy atom. The Labute approximate surface area is 76.1 Å². The number of hydrogen-bond acceptors (Lipinski definition) is 4. The van der Waals surface area contributed by atoms with E-state index in [4.69, 9.17) is 5.11 Å². The smallest absolute Gasteiger partial charge is 0.325 e. The number of nitrogens with one attached hydrogen (secondary N) is 1. The van der Waals surface area contributed by atoms with Crippen LogP contribution in [-0.4, -0.2) is 24.7 Å². The largest absolute Gasteiger partial charge is 0.508 e. The summed E-state index contributed by atoms with van der Waals surface area (Å²) in [4.78, 5) is 10.7. The molecule has 4 nitrogen and oxygen atoms in total. The quantitative estimate of drug-likeness (QED) is 0.539. The monoisotopic (exact) mass is 181 g/mol. The van der Waals surface area contributed by atoms with Crippen LogP contribution in [0.15, 0.2) is 24.3 Å². The summed E-state index contributed by atoms with van der Waals surface area (Å²) in [5.74, 6) is -0.128. The van der Waals surface area contributed by atoms with Gasteiger partial charge in [-0.15, -0.1) is 0 Å². The maximum atomic E-state index is 10.7. The SMILES string of the molecule is COC(=O)CNc1ccc(O)cc1. The molecule has 1 rings (SSSR count). The van der Waals surface area contributed by atoms with E-state index in [1.807, 2.05) is 0 Å². The van der Waals surface area contributed by atoms with Gasteiger partial charge in [-0.25, -0.2) is 0 Å². The van der Waals surface area contributed by atoms with Crippen molar-refractivity contribution in [3.8, 4) is 5.75 Å². The molecule has 0 aliphatic rings. The Bertz CT molecular complexity index is 281. The maximum Gasteiger partial charge on any atom is 0.325 e. The van der Waals surface area contributed by atoms with E-state index in [0.29, 0.717) is 0 Å². The number of anilines is 1. The number of carbonyl (C=O) groups is 1. The molecule has 4 heteroatoms. The number of carbonyl (C=O) groups excluding carboxylic acids is 1. The van der Waals surface area contributed by atoms with E-state index in [1.54, 1.807) is 24.3 Å². The molecule has 1 aromatic rings. The Balaban J connectivity index is 2.46. The molecule has 0 atom stereocenters. The molecule has 70 valence electrons. The van der Waals surface area contributed by atoms with Gasteiger partial charge in [-0.2, -0.15) is 0 Å². The van der Waals surface area contributed by atoms with E-state index >= 15 is 0 Å². The number of methoxy groups -OCH3 is 1. The van der Waals surface area contributed by atoms with Gasteiger partial charge >= 0.3 is 5.97 Å². The minimum atomic E-state index is -0.326. The van der Waals surface area contributed by atoms with Gasteiger partial charge in [0.2, 0.25) is 0 Å². The molecule has 0 radical (unpaired) electrons. The van der Waals surface area contributed by atoms with Gasteiger partial charge in [0.25, 0.3) is 0 Å². The lowest BCUT2D eigenvalue weighted by Crippen LogP contribution is -2.14. The summed E-state index contributed by atoms with van der Waals surface area (Å²) in [6.07, 6.45) is 0. The molecule has 2 N–H and O–H groups in total. The predicted octanol–water partition coefficient (Wildman–Crippen LogP) is 0.977. The molecule has 0 heterocycles. The van der Waals surface area contributed by atoms with E-state index in [2.05, 4.69) is 10.1 Å². The van der Waals surface area contributed by atoms with Crippen LogP contribution in [0.3, 0.4) is 0 Å². The first-order valence-corrected chi connectivity index (χ1v) is 3.82. The summed E-state index contributed by atoms with van der Waals surface area (Å²) >= 11 is 0. The van der Waals surface area contributed by atoms with Crippen molar-refractivity contribution in [2.24, 2.45) is 0 Å². The molecule has 1 aromatic carbocycles. The number of aromatic hydroxyl groups is 1. The summed E-state index contributed by atoms with van der Waals surface area (Å²) in [5.41, 5.74) is 0.767. The predicted molar refractivity (Wildman–Crippen MR) is 48.6 cm³/mol. The van der Waals surface area contributed by atoms with Crippen LogP contribution in [0.2, 0.25) is 0 Å². The zero-order valence-corrected chi connectivity index (χ0v) is 7.28. The molecule has 0 fully saturated rings. The van der Waals surface area contributed by atoms with Crippen LogP contribution in [0.4, 0.5) is 5.69 Å². The molecule has 0 saturated heterocycles. The molecule has 0 aliphatic heterocycles. The number of ether oxygens (including phenoxy) is 1. The fraction of sp³-hybridized carbons (Fsp3) is 0.222. The number of phenolic OH excluding ortho intramolecular Hbond substituents is 1. The van der Waals surface area contributed by atoms with Gasteiger partial charge in [-0.1, -0.05) is 0 Å². The van der Waals surface area contributed by atoms with E-state index in [0.717, 1.165) is 5.69 Å². The van der Waals surface area contributed by atoms with Gasteiger partial charge in [0, 0.05) is 5.69 Å². The zero-order valence-electron chi connectivity index (χ0n) is 7.28. The van der Waals surface area contributed by atoms with Crippen molar-refractivity contribution in [3.63, 3.8) is 0 Å². The highest BCUT2D eigenvalue weighted by Crippen LogP contribution is 2.13. The van der Waals surface area contributed by atoms with Gasteiger partial charge in [-0.3, -0.25) is 4.79 Å². The minimum absolute atomic E-state index is 0.126. The van der Waals surface area contributed by atoms with E-state index in [9.17, 15) is 4.79 Å². The zero-order chi connectivity index (χ0) is 9.68. The Morgan fingerprint density at radius 2 is 2.08 bits per heavy atom. The van der Waals surface area contributed by atoms with Crippen LogP contribution in [0, 0.1) is 0 Å². The lowest BCUT2D eigenvalue weighted by molar-refractivity contribution is -0.138. The maximum absolute atomic E-state index is 10.7.